The summed E-state index contributed by atoms with van der Waals surface area (Å²) in [6.07, 6.45) is 0. The van der Waals surface area contributed by atoms with Crippen LogP contribution >= 0.6 is 15.9 Å². The number of hydrogen-bond donors (Lipinski definition) is 0. The minimum atomic E-state index is 0.572. The minimum Gasteiger partial charge on any atom is -0.488 e. The van der Waals surface area contributed by atoms with Crippen molar-refractivity contribution in [2.75, 3.05) is 6.61 Å². The quantitative estimate of drug-likeness (QED) is 0.719. The van der Waals surface area contributed by atoms with Gasteiger partial charge < -0.3 is 4.74 Å². The van der Waals surface area contributed by atoms with Gasteiger partial charge in [-0.2, -0.15) is 0 Å². The predicted molar refractivity (Wildman–Crippen MR) is 54.5 cm³/mol. The molecule has 0 bridgehead atoms. The third kappa shape index (κ3) is 2.70. The molecule has 0 aliphatic rings. The number of hydrogen-bond acceptors (Lipinski definition) is 1. The third-order valence-electron chi connectivity index (χ3n) is 1.31. The molecule has 0 amide bonds. The highest BCUT2D eigenvalue weighted by atomic mass is 79.9. The molecule has 1 nitrogen and oxygen atoms in total. The molecule has 1 aromatic carbocycles. The molecule has 12 heavy (non-hydrogen) atoms. The molecule has 0 radical (unpaired) electrons. The molecule has 64 valence electrons. The van der Waals surface area contributed by atoms with Gasteiger partial charge in [-0.05, 0) is 40.6 Å². The van der Waals surface area contributed by atoms with E-state index >= 15 is 0 Å². The number of halogens is 1. The molecule has 0 N–H and O–H groups in total. The first-order chi connectivity index (χ1) is 5.70. The Morgan fingerprint density at radius 2 is 2.17 bits per heavy atom. The molecule has 0 atom stereocenters. The summed E-state index contributed by atoms with van der Waals surface area (Å²) in [6.45, 7) is 6.27. The Morgan fingerprint density at radius 1 is 1.50 bits per heavy atom. The Balaban J connectivity index is 2.63. The first-order valence-electron chi connectivity index (χ1n) is 3.72. The van der Waals surface area contributed by atoms with Crippen LogP contribution in [0, 0.1) is 0 Å². The topological polar surface area (TPSA) is 9.23 Å². The molecule has 0 saturated heterocycles. The van der Waals surface area contributed by atoms with E-state index in [9.17, 15) is 0 Å². The number of benzene rings is 1. The largest absolute Gasteiger partial charge is 0.488 e. The van der Waals surface area contributed by atoms with Gasteiger partial charge in [0.1, 0.15) is 12.4 Å². The van der Waals surface area contributed by atoms with E-state index in [2.05, 4.69) is 22.5 Å². The van der Waals surface area contributed by atoms with Crippen molar-refractivity contribution in [3.8, 4) is 5.75 Å². The van der Waals surface area contributed by atoms with Gasteiger partial charge in [0.2, 0.25) is 0 Å². The summed E-state index contributed by atoms with van der Waals surface area (Å²) in [5, 5.41) is 0. The predicted octanol–water partition coefficient (Wildman–Crippen LogP) is 3.40. The van der Waals surface area contributed by atoms with Crippen LogP contribution in [0.5, 0.6) is 5.75 Å². The summed E-state index contributed by atoms with van der Waals surface area (Å²) < 4.78 is 6.43. The van der Waals surface area contributed by atoms with Gasteiger partial charge in [0.05, 0.1) is 4.47 Å². The molecule has 0 aromatic heterocycles. The molecule has 0 aliphatic carbocycles. The molecule has 0 heterocycles. The van der Waals surface area contributed by atoms with Crippen LogP contribution in [0.2, 0.25) is 0 Å². The summed E-state index contributed by atoms with van der Waals surface area (Å²) >= 11 is 3.39. The molecule has 0 spiro atoms. The lowest BCUT2D eigenvalue weighted by atomic mass is 10.3. The maximum absolute atomic E-state index is 5.45. The summed E-state index contributed by atoms with van der Waals surface area (Å²) in [6, 6.07) is 7.77. The van der Waals surface area contributed by atoms with Crippen LogP contribution in [0.4, 0.5) is 0 Å². The fourth-order valence-electron chi connectivity index (χ4n) is 0.763. The van der Waals surface area contributed by atoms with E-state index < -0.39 is 0 Å². The summed E-state index contributed by atoms with van der Waals surface area (Å²) in [4.78, 5) is 0. The SMILES string of the molecule is C=C(C)COc1ccccc1Br. The van der Waals surface area contributed by atoms with Gasteiger partial charge in [-0.25, -0.2) is 0 Å². The van der Waals surface area contributed by atoms with Crippen LogP contribution < -0.4 is 4.74 Å². The first kappa shape index (κ1) is 9.33. The Labute approximate surface area is 81.2 Å². The van der Waals surface area contributed by atoms with Crippen molar-refractivity contribution < 1.29 is 4.74 Å². The lowest BCUT2D eigenvalue weighted by Gasteiger charge is -2.06. The van der Waals surface area contributed by atoms with Gasteiger partial charge >= 0.3 is 0 Å². The van der Waals surface area contributed by atoms with Crippen LogP contribution in [0.3, 0.4) is 0 Å². The lowest BCUT2D eigenvalue weighted by Crippen LogP contribution is -1.97. The van der Waals surface area contributed by atoms with Crippen LogP contribution in [-0.4, -0.2) is 6.61 Å². The smallest absolute Gasteiger partial charge is 0.133 e. The van der Waals surface area contributed by atoms with Crippen LogP contribution in [-0.2, 0) is 0 Å². The van der Waals surface area contributed by atoms with E-state index in [1.54, 1.807) is 0 Å². The normalized spacial score (nSPS) is 9.50. The van der Waals surface area contributed by atoms with Gasteiger partial charge in [0.25, 0.3) is 0 Å². The summed E-state index contributed by atoms with van der Waals surface area (Å²) in [5.74, 6) is 0.862. The Kier molecular flexibility index (Phi) is 3.35. The zero-order valence-electron chi connectivity index (χ0n) is 7.01. The molecule has 0 fully saturated rings. The molecular formula is C10H11BrO. The van der Waals surface area contributed by atoms with E-state index in [-0.39, 0.29) is 0 Å². The molecule has 1 rings (SSSR count). The van der Waals surface area contributed by atoms with E-state index in [1.807, 2.05) is 31.2 Å². The van der Waals surface area contributed by atoms with Gasteiger partial charge in [0, 0.05) is 0 Å². The second-order valence-corrected chi connectivity index (χ2v) is 3.53. The van der Waals surface area contributed by atoms with Crippen molar-refractivity contribution in [3.63, 3.8) is 0 Å². The first-order valence-corrected chi connectivity index (χ1v) is 4.51. The number of rotatable bonds is 3. The molecule has 0 unspecified atom stereocenters. The Bertz CT molecular complexity index is 281. The molecule has 2 heteroatoms. The van der Waals surface area contributed by atoms with Gasteiger partial charge in [-0.3, -0.25) is 0 Å². The highest BCUT2D eigenvalue weighted by Gasteiger charge is 1.97. The van der Waals surface area contributed by atoms with Crippen LogP contribution in [0.15, 0.2) is 40.9 Å². The summed E-state index contributed by atoms with van der Waals surface area (Å²) in [7, 11) is 0. The van der Waals surface area contributed by atoms with Crippen LogP contribution in [0.25, 0.3) is 0 Å². The fraction of sp³-hybridized carbons (Fsp3) is 0.200. The number of para-hydroxylation sites is 1. The minimum absolute atomic E-state index is 0.572. The van der Waals surface area contributed by atoms with Crippen molar-refractivity contribution in [2.45, 2.75) is 6.92 Å². The third-order valence-corrected chi connectivity index (χ3v) is 1.97. The van der Waals surface area contributed by atoms with E-state index in [1.165, 1.54) is 0 Å². The van der Waals surface area contributed by atoms with Crippen molar-refractivity contribution >= 4 is 15.9 Å². The van der Waals surface area contributed by atoms with Crippen molar-refractivity contribution in [3.05, 3.63) is 40.9 Å². The van der Waals surface area contributed by atoms with Gasteiger partial charge in [-0.15, -0.1) is 0 Å². The number of ether oxygens (including phenoxy) is 1. The van der Waals surface area contributed by atoms with E-state index in [4.69, 9.17) is 4.74 Å². The zero-order valence-corrected chi connectivity index (χ0v) is 8.60. The lowest BCUT2D eigenvalue weighted by molar-refractivity contribution is 0.350. The maximum atomic E-state index is 5.45. The molecular weight excluding hydrogens is 216 g/mol. The molecule has 0 aliphatic heterocycles. The van der Waals surface area contributed by atoms with Crippen molar-refractivity contribution in [1.82, 2.24) is 0 Å². The zero-order chi connectivity index (χ0) is 8.97. The molecule has 1 aromatic rings. The second kappa shape index (κ2) is 4.31. The Hall–Kier alpha value is -0.760. The van der Waals surface area contributed by atoms with Gasteiger partial charge in [0.15, 0.2) is 0 Å². The second-order valence-electron chi connectivity index (χ2n) is 2.68. The Morgan fingerprint density at radius 3 is 2.75 bits per heavy atom. The highest BCUT2D eigenvalue weighted by Crippen LogP contribution is 2.23. The van der Waals surface area contributed by atoms with E-state index in [0.717, 1.165) is 15.8 Å². The average Bonchev–Trinajstić information content (AvgIpc) is 2.03. The van der Waals surface area contributed by atoms with E-state index in [0.29, 0.717) is 6.61 Å². The summed E-state index contributed by atoms with van der Waals surface area (Å²) in [5.41, 5.74) is 1.02. The standard InChI is InChI=1S/C10H11BrO/c1-8(2)7-12-10-6-4-3-5-9(10)11/h3-6H,1,7H2,2H3. The maximum Gasteiger partial charge on any atom is 0.133 e. The van der Waals surface area contributed by atoms with Gasteiger partial charge in [-0.1, -0.05) is 18.7 Å². The van der Waals surface area contributed by atoms with Crippen molar-refractivity contribution in [1.29, 1.82) is 0 Å². The monoisotopic (exact) mass is 226 g/mol. The molecule has 0 saturated carbocycles. The highest BCUT2D eigenvalue weighted by molar-refractivity contribution is 9.10. The van der Waals surface area contributed by atoms with Crippen molar-refractivity contribution in [2.24, 2.45) is 0 Å². The van der Waals surface area contributed by atoms with Crippen LogP contribution in [0.1, 0.15) is 6.92 Å². The average molecular weight is 227 g/mol. The fourth-order valence-corrected chi connectivity index (χ4v) is 1.16.